The van der Waals surface area contributed by atoms with Gasteiger partial charge in [-0.1, -0.05) is 6.07 Å². The molecule has 2 aromatic rings. The van der Waals surface area contributed by atoms with Crippen molar-refractivity contribution >= 4 is 5.82 Å². The molecule has 0 aliphatic carbocycles. The largest absolute Gasteiger partial charge is 0.497 e. The van der Waals surface area contributed by atoms with E-state index in [2.05, 4.69) is 4.98 Å². The average molecular weight is 267 g/mol. The van der Waals surface area contributed by atoms with Crippen molar-refractivity contribution in [1.29, 1.82) is 0 Å². The summed E-state index contributed by atoms with van der Waals surface area (Å²) in [4.78, 5) is 3.59. The third-order valence-corrected chi connectivity index (χ3v) is 2.29. The fourth-order valence-corrected chi connectivity index (χ4v) is 1.40. The third-order valence-electron chi connectivity index (χ3n) is 2.29. The number of nitrogens with two attached hydrogens (primary N) is 1. The summed E-state index contributed by atoms with van der Waals surface area (Å²) >= 11 is 0. The second-order valence-corrected chi connectivity index (χ2v) is 3.53. The molecule has 0 saturated heterocycles. The van der Waals surface area contributed by atoms with Crippen molar-refractivity contribution in [3.63, 3.8) is 0 Å². The van der Waals surface area contributed by atoms with Gasteiger partial charge in [-0.2, -0.15) is 4.98 Å². The average Bonchev–Trinajstić information content (AvgIpc) is 2.42. The van der Waals surface area contributed by atoms with Crippen LogP contribution in [-0.2, 0) is 0 Å². The molecule has 5 nitrogen and oxygen atoms in total. The van der Waals surface area contributed by atoms with E-state index in [-0.39, 0.29) is 11.7 Å². The molecule has 0 radical (unpaired) electrons. The molecule has 3 N–H and O–H groups in total. The number of hydrazine groups is 1. The van der Waals surface area contributed by atoms with Gasteiger partial charge >= 0.3 is 0 Å². The first kappa shape index (κ1) is 13.0. The van der Waals surface area contributed by atoms with Crippen molar-refractivity contribution in [2.45, 2.75) is 0 Å². The lowest BCUT2D eigenvalue weighted by molar-refractivity contribution is 0.398. The number of ether oxygens (including phenoxy) is 2. The number of aromatic nitrogens is 1. The van der Waals surface area contributed by atoms with Gasteiger partial charge in [-0.3, -0.25) is 0 Å². The van der Waals surface area contributed by atoms with Crippen LogP contribution in [0.2, 0.25) is 0 Å². The zero-order valence-electron chi connectivity index (χ0n) is 9.98. The Morgan fingerprint density at radius 1 is 1.16 bits per heavy atom. The Kier molecular flexibility index (Phi) is 3.76. The first-order valence-corrected chi connectivity index (χ1v) is 5.28. The number of nitrogens with one attached hydrogen (secondary N) is 1. The fraction of sp³-hybridized carbons (Fsp3) is 0.0833. The highest BCUT2D eigenvalue weighted by molar-refractivity contribution is 5.41. The predicted octanol–water partition coefficient (Wildman–Crippen LogP) is 2.45. The topological polar surface area (TPSA) is 69.4 Å². The van der Waals surface area contributed by atoms with Crippen LogP contribution in [0.25, 0.3) is 0 Å². The lowest BCUT2D eigenvalue weighted by Crippen LogP contribution is -2.11. The number of halogens is 2. The van der Waals surface area contributed by atoms with Crippen molar-refractivity contribution in [3.8, 4) is 17.4 Å². The van der Waals surface area contributed by atoms with E-state index >= 15 is 0 Å². The van der Waals surface area contributed by atoms with E-state index in [0.29, 0.717) is 17.6 Å². The molecule has 0 spiro atoms. The minimum Gasteiger partial charge on any atom is -0.497 e. The standard InChI is InChI=1S/C12H11F2N3O2/c1-18-7-3-2-4-8(5-7)19-12-10(14)6-9(13)11(16-12)17-15/h2-6H,15H2,1H3,(H,16,17). The van der Waals surface area contributed by atoms with Gasteiger partial charge in [-0.25, -0.2) is 14.6 Å². The first-order valence-electron chi connectivity index (χ1n) is 5.28. The number of nitrogens with zero attached hydrogens (tertiary/aromatic N) is 1. The number of hydrogen-bond acceptors (Lipinski definition) is 5. The molecular weight excluding hydrogens is 256 g/mol. The molecule has 7 heteroatoms. The predicted molar refractivity (Wildman–Crippen MR) is 65.0 cm³/mol. The Morgan fingerprint density at radius 3 is 2.58 bits per heavy atom. The zero-order chi connectivity index (χ0) is 13.8. The van der Waals surface area contributed by atoms with Gasteiger partial charge in [0.15, 0.2) is 17.5 Å². The number of methoxy groups -OCH3 is 1. The number of rotatable bonds is 4. The van der Waals surface area contributed by atoms with Crippen LogP contribution in [-0.4, -0.2) is 12.1 Å². The summed E-state index contributed by atoms with van der Waals surface area (Å²) in [5.74, 6) is 3.37. The summed E-state index contributed by atoms with van der Waals surface area (Å²) < 4.78 is 36.9. The van der Waals surface area contributed by atoms with Gasteiger partial charge in [-0.15, -0.1) is 0 Å². The van der Waals surface area contributed by atoms with Crippen LogP contribution in [0.5, 0.6) is 17.4 Å². The molecule has 0 aliphatic heterocycles. The summed E-state index contributed by atoms with van der Waals surface area (Å²) in [6.45, 7) is 0. The quantitative estimate of drug-likeness (QED) is 0.657. The Balaban J connectivity index is 2.32. The van der Waals surface area contributed by atoms with Gasteiger partial charge in [0, 0.05) is 12.1 Å². The van der Waals surface area contributed by atoms with E-state index in [1.807, 2.05) is 5.43 Å². The monoisotopic (exact) mass is 267 g/mol. The Hall–Kier alpha value is -2.41. The Morgan fingerprint density at radius 2 is 1.89 bits per heavy atom. The van der Waals surface area contributed by atoms with E-state index < -0.39 is 11.6 Å². The molecule has 0 unspecified atom stereocenters. The molecule has 19 heavy (non-hydrogen) atoms. The van der Waals surface area contributed by atoms with Crippen LogP contribution in [0.15, 0.2) is 30.3 Å². The molecule has 100 valence electrons. The molecular formula is C12H11F2N3O2. The number of hydrogen-bond donors (Lipinski definition) is 2. The summed E-state index contributed by atoms with van der Waals surface area (Å²) in [5, 5.41) is 0. The maximum atomic E-state index is 13.5. The van der Waals surface area contributed by atoms with Crippen molar-refractivity contribution in [2.24, 2.45) is 5.84 Å². The van der Waals surface area contributed by atoms with E-state index in [1.54, 1.807) is 24.3 Å². The number of benzene rings is 1. The number of nitrogen functional groups attached to an aromatic ring is 1. The van der Waals surface area contributed by atoms with Gasteiger partial charge in [0.2, 0.25) is 0 Å². The van der Waals surface area contributed by atoms with Crippen molar-refractivity contribution in [2.75, 3.05) is 12.5 Å². The first-order chi connectivity index (χ1) is 9.13. The maximum Gasteiger partial charge on any atom is 0.258 e. The van der Waals surface area contributed by atoms with Crippen molar-refractivity contribution < 1.29 is 18.3 Å². The second-order valence-electron chi connectivity index (χ2n) is 3.53. The molecule has 1 aromatic carbocycles. The minimum atomic E-state index is -0.931. The molecule has 0 atom stereocenters. The van der Waals surface area contributed by atoms with Gasteiger partial charge in [0.05, 0.1) is 7.11 Å². The summed E-state index contributed by atoms with van der Waals surface area (Å²) in [6, 6.07) is 7.13. The molecule has 0 saturated carbocycles. The third kappa shape index (κ3) is 2.89. The zero-order valence-corrected chi connectivity index (χ0v) is 9.98. The van der Waals surface area contributed by atoms with E-state index in [1.165, 1.54) is 7.11 Å². The van der Waals surface area contributed by atoms with Gasteiger partial charge in [0.25, 0.3) is 5.88 Å². The molecule has 0 aliphatic rings. The van der Waals surface area contributed by atoms with E-state index in [9.17, 15) is 8.78 Å². The van der Waals surface area contributed by atoms with Crippen LogP contribution < -0.4 is 20.7 Å². The smallest absolute Gasteiger partial charge is 0.258 e. The molecule has 0 fully saturated rings. The highest BCUT2D eigenvalue weighted by Crippen LogP contribution is 2.27. The van der Waals surface area contributed by atoms with Gasteiger partial charge < -0.3 is 14.9 Å². The Bertz CT molecular complexity index is 593. The highest BCUT2D eigenvalue weighted by Gasteiger charge is 2.13. The van der Waals surface area contributed by atoms with Crippen LogP contribution in [0.1, 0.15) is 0 Å². The van der Waals surface area contributed by atoms with Gasteiger partial charge in [0.1, 0.15) is 11.5 Å². The van der Waals surface area contributed by atoms with E-state index in [0.717, 1.165) is 0 Å². The van der Waals surface area contributed by atoms with Crippen LogP contribution in [0, 0.1) is 11.6 Å². The highest BCUT2D eigenvalue weighted by atomic mass is 19.1. The molecule has 0 bridgehead atoms. The fourth-order valence-electron chi connectivity index (χ4n) is 1.40. The number of pyridine rings is 1. The normalized spacial score (nSPS) is 10.1. The van der Waals surface area contributed by atoms with Crippen molar-refractivity contribution in [3.05, 3.63) is 42.0 Å². The van der Waals surface area contributed by atoms with Crippen LogP contribution in [0.4, 0.5) is 14.6 Å². The summed E-state index contributed by atoms with van der Waals surface area (Å²) in [6.07, 6.45) is 0. The SMILES string of the molecule is COc1cccc(Oc2nc(NN)c(F)cc2F)c1. The summed E-state index contributed by atoms with van der Waals surface area (Å²) in [5.41, 5.74) is 2.01. The Labute approximate surface area is 107 Å². The molecule has 0 amide bonds. The van der Waals surface area contributed by atoms with E-state index in [4.69, 9.17) is 15.3 Å². The van der Waals surface area contributed by atoms with Crippen LogP contribution in [0.3, 0.4) is 0 Å². The lowest BCUT2D eigenvalue weighted by atomic mass is 10.3. The maximum absolute atomic E-state index is 13.5. The second kappa shape index (κ2) is 5.49. The molecule has 1 aromatic heterocycles. The number of anilines is 1. The van der Waals surface area contributed by atoms with Crippen molar-refractivity contribution in [1.82, 2.24) is 4.98 Å². The molecule has 2 rings (SSSR count). The van der Waals surface area contributed by atoms with Crippen LogP contribution >= 0.6 is 0 Å². The summed E-state index contributed by atoms with van der Waals surface area (Å²) in [7, 11) is 1.49. The minimum absolute atomic E-state index is 0.306. The van der Waals surface area contributed by atoms with Gasteiger partial charge in [-0.05, 0) is 12.1 Å². The lowest BCUT2D eigenvalue weighted by Gasteiger charge is -2.09. The molecule has 1 heterocycles.